The molecule has 0 aromatic rings. The lowest BCUT2D eigenvalue weighted by Crippen LogP contribution is -2.43. The number of nitrogens with zero attached hydrogens (tertiary/aromatic N) is 1. The largest absolute Gasteiger partial charge is 0.396 e. The Hall–Kier alpha value is -0.120. The second-order valence-electron chi connectivity index (χ2n) is 7.05. The molecule has 3 heteroatoms. The van der Waals surface area contributed by atoms with Crippen LogP contribution in [0.3, 0.4) is 0 Å². The molecular weight excluding hydrogens is 236 g/mol. The van der Waals surface area contributed by atoms with Gasteiger partial charge in [0.2, 0.25) is 0 Å². The molecule has 0 aromatic carbocycles. The van der Waals surface area contributed by atoms with Gasteiger partial charge in [0.05, 0.1) is 0 Å². The third kappa shape index (κ3) is 8.61. The van der Waals surface area contributed by atoms with Crippen LogP contribution in [0.25, 0.3) is 0 Å². The van der Waals surface area contributed by atoms with Crippen LogP contribution in [0.15, 0.2) is 0 Å². The van der Waals surface area contributed by atoms with Crippen molar-refractivity contribution >= 4 is 0 Å². The summed E-state index contributed by atoms with van der Waals surface area (Å²) in [4.78, 5) is 2.62. The molecule has 0 unspecified atom stereocenters. The van der Waals surface area contributed by atoms with Crippen LogP contribution in [-0.4, -0.2) is 48.3 Å². The first-order valence-electron chi connectivity index (χ1n) is 8.09. The Morgan fingerprint density at radius 3 is 2.26 bits per heavy atom. The molecule has 0 spiro atoms. The summed E-state index contributed by atoms with van der Waals surface area (Å²) in [7, 11) is 0. The Morgan fingerprint density at radius 1 is 1.05 bits per heavy atom. The standard InChI is InChI=1S/C16H34N2O/c1-16(2,3)17-14-15-8-11-18(12-9-15)10-6-4-5-7-13-19/h15,17,19H,4-14H2,1-3H3. The van der Waals surface area contributed by atoms with Crippen molar-refractivity contribution in [2.45, 2.75) is 64.8 Å². The van der Waals surface area contributed by atoms with Crippen molar-refractivity contribution in [1.82, 2.24) is 10.2 Å². The first-order chi connectivity index (χ1) is 9.01. The van der Waals surface area contributed by atoms with Crippen LogP contribution in [0.1, 0.15) is 59.3 Å². The molecule has 1 rings (SSSR count). The van der Waals surface area contributed by atoms with Gasteiger partial charge in [0, 0.05) is 12.1 Å². The van der Waals surface area contributed by atoms with Gasteiger partial charge in [0.1, 0.15) is 0 Å². The van der Waals surface area contributed by atoms with Gasteiger partial charge in [-0.2, -0.15) is 0 Å². The van der Waals surface area contributed by atoms with E-state index in [4.69, 9.17) is 5.11 Å². The highest BCUT2D eigenvalue weighted by Crippen LogP contribution is 2.18. The van der Waals surface area contributed by atoms with Crippen molar-refractivity contribution in [3.8, 4) is 0 Å². The van der Waals surface area contributed by atoms with Gasteiger partial charge in [-0.3, -0.25) is 0 Å². The predicted molar refractivity (Wildman–Crippen MR) is 82.5 cm³/mol. The van der Waals surface area contributed by atoms with Crippen molar-refractivity contribution in [2.75, 3.05) is 32.8 Å². The monoisotopic (exact) mass is 270 g/mol. The zero-order chi connectivity index (χ0) is 14.1. The second-order valence-corrected chi connectivity index (χ2v) is 7.05. The maximum absolute atomic E-state index is 8.73. The van der Waals surface area contributed by atoms with Gasteiger partial charge >= 0.3 is 0 Å². The first-order valence-corrected chi connectivity index (χ1v) is 8.09. The van der Waals surface area contributed by atoms with Crippen molar-refractivity contribution in [1.29, 1.82) is 0 Å². The predicted octanol–water partition coefficient (Wildman–Crippen LogP) is 2.64. The summed E-state index contributed by atoms with van der Waals surface area (Å²) in [5.41, 5.74) is 0.254. The number of hydrogen-bond donors (Lipinski definition) is 2. The fraction of sp³-hybridized carbons (Fsp3) is 1.00. The molecule has 2 N–H and O–H groups in total. The SMILES string of the molecule is CC(C)(C)NCC1CCN(CCCCCCO)CC1. The van der Waals surface area contributed by atoms with Crippen molar-refractivity contribution < 1.29 is 5.11 Å². The summed E-state index contributed by atoms with van der Waals surface area (Å²) < 4.78 is 0. The number of aliphatic hydroxyl groups excluding tert-OH is 1. The summed E-state index contributed by atoms with van der Waals surface area (Å²) in [6.07, 6.45) is 7.42. The summed E-state index contributed by atoms with van der Waals surface area (Å²) in [5, 5.41) is 12.4. The van der Waals surface area contributed by atoms with Gasteiger partial charge in [-0.25, -0.2) is 0 Å². The maximum atomic E-state index is 8.73. The Balaban J connectivity index is 2.02. The van der Waals surface area contributed by atoms with Crippen LogP contribution in [0.5, 0.6) is 0 Å². The van der Waals surface area contributed by atoms with E-state index in [1.807, 2.05) is 0 Å². The molecule has 1 saturated heterocycles. The highest BCUT2D eigenvalue weighted by atomic mass is 16.2. The summed E-state index contributed by atoms with van der Waals surface area (Å²) in [6, 6.07) is 0. The quantitative estimate of drug-likeness (QED) is 0.666. The topological polar surface area (TPSA) is 35.5 Å². The van der Waals surface area contributed by atoms with Crippen LogP contribution < -0.4 is 5.32 Å². The summed E-state index contributed by atoms with van der Waals surface area (Å²) in [5.74, 6) is 0.866. The van der Waals surface area contributed by atoms with Crippen molar-refractivity contribution in [2.24, 2.45) is 5.92 Å². The van der Waals surface area contributed by atoms with Gasteiger partial charge in [0.15, 0.2) is 0 Å². The lowest BCUT2D eigenvalue weighted by molar-refractivity contribution is 0.173. The Morgan fingerprint density at radius 2 is 1.68 bits per heavy atom. The zero-order valence-electron chi connectivity index (χ0n) is 13.2. The molecule has 0 atom stereocenters. The summed E-state index contributed by atoms with van der Waals surface area (Å²) >= 11 is 0. The van der Waals surface area contributed by atoms with Gasteiger partial charge in [-0.15, -0.1) is 0 Å². The van der Waals surface area contributed by atoms with Gasteiger partial charge < -0.3 is 15.3 Å². The molecule has 19 heavy (non-hydrogen) atoms. The molecule has 0 aromatic heterocycles. The minimum atomic E-state index is 0.254. The highest BCUT2D eigenvalue weighted by Gasteiger charge is 2.20. The third-order valence-corrected chi connectivity index (χ3v) is 4.01. The van der Waals surface area contributed by atoms with Crippen LogP contribution in [-0.2, 0) is 0 Å². The zero-order valence-corrected chi connectivity index (χ0v) is 13.2. The van der Waals surface area contributed by atoms with Crippen molar-refractivity contribution in [3.63, 3.8) is 0 Å². The number of aliphatic hydroxyl groups is 1. The molecule has 1 aliphatic rings. The van der Waals surface area contributed by atoms with E-state index in [9.17, 15) is 0 Å². The van der Waals surface area contributed by atoms with Crippen LogP contribution in [0, 0.1) is 5.92 Å². The Bertz CT molecular complexity index is 217. The molecule has 3 nitrogen and oxygen atoms in total. The summed E-state index contributed by atoms with van der Waals surface area (Å²) in [6.45, 7) is 12.1. The molecule has 0 bridgehead atoms. The lowest BCUT2D eigenvalue weighted by atomic mass is 9.95. The van der Waals surface area contributed by atoms with Gasteiger partial charge in [-0.05, 0) is 78.6 Å². The van der Waals surface area contributed by atoms with Gasteiger partial charge in [0.25, 0.3) is 0 Å². The van der Waals surface area contributed by atoms with Crippen LogP contribution >= 0.6 is 0 Å². The molecule has 0 aliphatic carbocycles. The van der Waals surface area contributed by atoms with E-state index in [1.54, 1.807) is 0 Å². The molecule has 0 amide bonds. The minimum Gasteiger partial charge on any atom is -0.396 e. The Kier molecular flexibility index (Phi) is 7.96. The van der Waals surface area contributed by atoms with Crippen molar-refractivity contribution in [3.05, 3.63) is 0 Å². The molecule has 114 valence electrons. The van der Waals surface area contributed by atoms with E-state index in [-0.39, 0.29) is 5.54 Å². The van der Waals surface area contributed by atoms with E-state index in [0.717, 1.165) is 12.3 Å². The molecule has 0 saturated carbocycles. The molecule has 0 radical (unpaired) electrons. The lowest BCUT2D eigenvalue weighted by Gasteiger charge is -2.33. The average molecular weight is 270 g/mol. The number of piperidine rings is 1. The minimum absolute atomic E-state index is 0.254. The van der Waals surface area contributed by atoms with Crippen LogP contribution in [0.2, 0.25) is 0 Å². The van der Waals surface area contributed by atoms with Gasteiger partial charge in [-0.1, -0.05) is 12.8 Å². The number of likely N-dealkylation sites (tertiary alicyclic amines) is 1. The number of hydrogen-bond acceptors (Lipinski definition) is 3. The fourth-order valence-electron chi connectivity index (χ4n) is 2.67. The molecule has 1 aliphatic heterocycles. The maximum Gasteiger partial charge on any atom is 0.0431 e. The molecule has 1 fully saturated rings. The number of nitrogens with one attached hydrogen (secondary N) is 1. The smallest absolute Gasteiger partial charge is 0.0431 e. The number of unbranched alkanes of at least 4 members (excludes halogenated alkanes) is 3. The van der Waals surface area contributed by atoms with E-state index in [0.29, 0.717) is 6.61 Å². The number of rotatable bonds is 8. The van der Waals surface area contributed by atoms with E-state index < -0.39 is 0 Å². The molecule has 1 heterocycles. The molecular formula is C16H34N2O. The second kappa shape index (κ2) is 8.93. The first kappa shape index (κ1) is 16.9. The normalized spacial score (nSPS) is 18.9. The Labute approximate surface area is 119 Å². The van der Waals surface area contributed by atoms with E-state index >= 15 is 0 Å². The van der Waals surface area contributed by atoms with Crippen LogP contribution in [0.4, 0.5) is 0 Å². The third-order valence-electron chi connectivity index (χ3n) is 4.01. The van der Waals surface area contributed by atoms with E-state index in [1.165, 1.54) is 58.3 Å². The van der Waals surface area contributed by atoms with E-state index in [2.05, 4.69) is 31.0 Å². The fourth-order valence-corrected chi connectivity index (χ4v) is 2.67. The highest BCUT2D eigenvalue weighted by molar-refractivity contribution is 4.77. The average Bonchev–Trinajstić information content (AvgIpc) is 2.37.